The molecule has 1 saturated heterocycles. The van der Waals surface area contributed by atoms with Crippen LogP contribution in [0.5, 0.6) is 0 Å². The standard InChI is InChI=1S/C35H30N4O3/c1-21-7-11-23(12-8-21)20-36-33(40)25-15-17-26(18-16-25)38-34(41)30-19-28-27-5-3-4-6-29(27)37-31(28)32(39(30)35(38)42)24-13-9-22(2)10-14-24/h3-18,30,32,37H,19-20H2,1-2H3,(H,36,40). The van der Waals surface area contributed by atoms with E-state index in [1.54, 1.807) is 29.2 Å². The molecule has 7 heteroatoms. The molecule has 0 spiro atoms. The van der Waals surface area contributed by atoms with E-state index in [1.807, 2.05) is 80.6 Å². The number of fused-ring (bicyclic) bond motifs is 4. The number of hydrogen-bond donors (Lipinski definition) is 2. The van der Waals surface area contributed by atoms with Gasteiger partial charge in [-0.1, -0.05) is 77.9 Å². The second kappa shape index (κ2) is 10.0. The van der Waals surface area contributed by atoms with Gasteiger partial charge in [-0.15, -0.1) is 0 Å². The fourth-order valence-electron chi connectivity index (χ4n) is 6.16. The van der Waals surface area contributed by atoms with Crippen molar-refractivity contribution in [3.63, 3.8) is 0 Å². The lowest BCUT2D eigenvalue weighted by Gasteiger charge is -2.36. The van der Waals surface area contributed by atoms with Crippen molar-refractivity contribution in [2.45, 2.75) is 38.9 Å². The minimum Gasteiger partial charge on any atom is -0.356 e. The molecule has 1 fully saturated rings. The summed E-state index contributed by atoms with van der Waals surface area (Å²) in [5.41, 5.74) is 8.16. The number of carbonyl (C=O) groups excluding carboxylic acids is 3. The van der Waals surface area contributed by atoms with Gasteiger partial charge in [0.2, 0.25) is 0 Å². The molecule has 1 aromatic heterocycles. The van der Waals surface area contributed by atoms with Crippen LogP contribution >= 0.6 is 0 Å². The first kappa shape index (κ1) is 25.8. The molecule has 42 heavy (non-hydrogen) atoms. The highest BCUT2D eigenvalue weighted by Gasteiger charge is 2.53. The molecule has 2 N–H and O–H groups in total. The number of benzene rings is 4. The number of nitrogens with zero attached hydrogens (tertiary/aromatic N) is 2. The number of para-hydroxylation sites is 1. The molecule has 2 aliphatic heterocycles. The van der Waals surface area contributed by atoms with E-state index in [0.29, 0.717) is 24.2 Å². The lowest BCUT2D eigenvalue weighted by Crippen LogP contribution is -2.44. The molecule has 0 aliphatic carbocycles. The molecule has 0 saturated carbocycles. The van der Waals surface area contributed by atoms with Crippen LogP contribution in [0.4, 0.5) is 10.5 Å². The highest BCUT2D eigenvalue weighted by Crippen LogP contribution is 2.44. The number of nitrogens with one attached hydrogen (secondary N) is 2. The molecule has 2 unspecified atom stereocenters. The maximum atomic E-state index is 14.1. The molecular weight excluding hydrogens is 524 g/mol. The summed E-state index contributed by atoms with van der Waals surface area (Å²) in [6.45, 7) is 4.46. The number of urea groups is 1. The predicted molar refractivity (Wildman–Crippen MR) is 162 cm³/mol. The first-order valence-corrected chi connectivity index (χ1v) is 14.1. The second-order valence-electron chi connectivity index (χ2n) is 11.2. The average molecular weight is 555 g/mol. The third kappa shape index (κ3) is 4.25. The molecule has 0 radical (unpaired) electrons. The van der Waals surface area contributed by atoms with Crippen molar-refractivity contribution < 1.29 is 14.4 Å². The predicted octanol–water partition coefficient (Wildman–Crippen LogP) is 6.20. The first-order valence-electron chi connectivity index (χ1n) is 14.1. The normalized spacial score (nSPS) is 17.9. The molecule has 208 valence electrons. The lowest BCUT2D eigenvalue weighted by molar-refractivity contribution is -0.120. The van der Waals surface area contributed by atoms with Gasteiger partial charge in [-0.2, -0.15) is 0 Å². The van der Waals surface area contributed by atoms with Gasteiger partial charge < -0.3 is 10.3 Å². The number of aromatic amines is 1. The van der Waals surface area contributed by atoms with Crippen molar-refractivity contribution in [3.05, 3.63) is 136 Å². The highest BCUT2D eigenvalue weighted by atomic mass is 16.2. The monoisotopic (exact) mass is 554 g/mol. The Hall–Kier alpha value is -5.17. The van der Waals surface area contributed by atoms with E-state index in [0.717, 1.165) is 44.4 Å². The topological polar surface area (TPSA) is 85.5 Å². The molecule has 7 rings (SSSR count). The maximum absolute atomic E-state index is 14.1. The maximum Gasteiger partial charge on any atom is 0.332 e. The van der Waals surface area contributed by atoms with E-state index in [4.69, 9.17) is 0 Å². The Morgan fingerprint density at radius 2 is 1.52 bits per heavy atom. The van der Waals surface area contributed by atoms with E-state index in [9.17, 15) is 14.4 Å². The Balaban J connectivity index is 1.19. The summed E-state index contributed by atoms with van der Waals surface area (Å²) in [7, 11) is 0. The SMILES string of the molecule is Cc1ccc(CNC(=O)c2ccc(N3C(=O)C4Cc5c([nH]c6ccccc56)C(c5ccc(C)cc5)N4C3=O)cc2)cc1. The van der Waals surface area contributed by atoms with Crippen LogP contribution < -0.4 is 10.2 Å². The average Bonchev–Trinajstić information content (AvgIpc) is 3.50. The molecular formula is C35H30N4O3. The van der Waals surface area contributed by atoms with Crippen LogP contribution in [0.1, 0.15) is 49.9 Å². The van der Waals surface area contributed by atoms with Crippen LogP contribution in [-0.2, 0) is 17.8 Å². The first-order chi connectivity index (χ1) is 20.4. The van der Waals surface area contributed by atoms with Gasteiger partial charge in [-0.05, 0) is 60.9 Å². The van der Waals surface area contributed by atoms with Gasteiger partial charge in [0.15, 0.2) is 0 Å². The Bertz CT molecular complexity index is 1840. The van der Waals surface area contributed by atoms with E-state index >= 15 is 0 Å². The Kier molecular flexibility index (Phi) is 6.16. The molecule has 2 atom stereocenters. The summed E-state index contributed by atoms with van der Waals surface area (Å²) in [6, 6.07) is 29.4. The minimum absolute atomic E-state index is 0.219. The van der Waals surface area contributed by atoms with Crippen LogP contribution in [0.25, 0.3) is 10.9 Å². The zero-order valence-corrected chi connectivity index (χ0v) is 23.4. The number of imide groups is 1. The number of aromatic nitrogens is 1. The quantitative estimate of drug-likeness (QED) is 0.254. The number of rotatable bonds is 5. The van der Waals surface area contributed by atoms with Gasteiger partial charge >= 0.3 is 6.03 Å². The largest absolute Gasteiger partial charge is 0.356 e. The molecule has 7 nitrogen and oxygen atoms in total. The van der Waals surface area contributed by atoms with Crippen LogP contribution in [0, 0.1) is 13.8 Å². The number of carbonyl (C=O) groups is 3. The number of hydrogen-bond acceptors (Lipinski definition) is 3. The molecule has 2 aliphatic rings. The van der Waals surface area contributed by atoms with Crippen molar-refractivity contribution in [1.29, 1.82) is 0 Å². The summed E-state index contributed by atoms with van der Waals surface area (Å²) in [6.07, 6.45) is 0.433. The highest BCUT2D eigenvalue weighted by molar-refractivity contribution is 6.22. The van der Waals surface area contributed by atoms with Crippen molar-refractivity contribution >= 4 is 34.4 Å². The molecule has 4 aromatic carbocycles. The van der Waals surface area contributed by atoms with Crippen molar-refractivity contribution in [2.75, 3.05) is 4.90 Å². The van der Waals surface area contributed by atoms with Gasteiger partial charge in [0.1, 0.15) is 12.1 Å². The van der Waals surface area contributed by atoms with Crippen molar-refractivity contribution in [1.82, 2.24) is 15.2 Å². The van der Waals surface area contributed by atoms with E-state index < -0.39 is 12.1 Å². The summed E-state index contributed by atoms with van der Waals surface area (Å²) in [4.78, 5) is 47.3. The number of aryl methyl sites for hydroxylation is 2. The molecule has 4 amide bonds. The smallest absolute Gasteiger partial charge is 0.332 e. The molecule has 0 bridgehead atoms. The van der Waals surface area contributed by atoms with Crippen LogP contribution in [0.2, 0.25) is 0 Å². The van der Waals surface area contributed by atoms with Crippen molar-refractivity contribution in [2.24, 2.45) is 0 Å². The summed E-state index contributed by atoms with van der Waals surface area (Å²) in [5, 5.41) is 4.01. The number of amides is 4. The Morgan fingerprint density at radius 3 is 2.24 bits per heavy atom. The van der Waals surface area contributed by atoms with Gasteiger partial charge in [0.25, 0.3) is 11.8 Å². The van der Waals surface area contributed by atoms with Gasteiger partial charge in [0, 0.05) is 35.1 Å². The van der Waals surface area contributed by atoms with Gasteiger partial charge in [-0.25, -0.2) is 9.69 Å². The zero-order chi connectivity index (χ0) is 29.0. The summed E-state index contributed by atoms with van der Waals surface area (Å²) < 4.78 is 0. The summed E-state index contributed by atoms with van der Waals surface area (Å²) in [5.74, 6) is -0.479. The zero-order valence-electron chi connectivity index (χ0n) is 23.4. The fourth-order valence-corrected chi connectivity index (χ4v) is 6.16. The molecule has 5 aromatic rings. The van der Waals surface area contributed by atoms with E-state index in [-0.39, 0.29) is 17.8 Å². The molecule has 3 heterocycles. The van der Waals surface area contributed by atoms with Crippen LogP contribution in [0.3, 0.4) is 0 Å². The second-order valence-corrected chi connectivity index (χ2v) is 11.2. The van der Waals surface area contributed by atoms with E-state index in [2.05, 4.69) is 16.4 Å². The fraction of sp³-hybridized carbons (Fsp3) is 0.171. The van der Waals surface area contributed by atoms with E-state index in [1.165, 1.54) is 4.90 Å². The minimum atomic E-state index is -0.631. The Morgan fingerprint density at radius 1 is 0.857 bits per heavy atom. The third-order valence-electron chi connectivity index (χ3n) is 8.40. The van der Waals surface area contributed by atoms with Crippen LogP contribution in [0.15, 0.2) is 97.1 Å². The lowest BCUT2D eigenvalue weighted by atomic mass is 9.88. The number of anilines is 1. The Labute approximate surface area is 243 Å². The summed E-state index contributed by atoms with van der Waals surface area (Å²) >= 11 is 0. The van der Waals surface area contributed by atoms with Gasteiger partial charge in [0.05, 0.1) is 5.69 Å². The third-order valence-corrected chi connectivity index (χ3v) is 8.40. The van der Waals surface area contributed by atoms with Gasteiger partial charge in [-0.3, -0.25) is 14.5 Å². The number of H-pyrrole nitrogens is 1. The van der Waals surface area contributed by atoms with Crippen molar-refractivity contribution in [3.8, 4) is 0 Å². The van der Waals surface area contributed by atoms with Crippen LogP contribution in [-0.4, -0.2) is 33.8 Å².